The Morgan fingerprint density at radius 3 is 2.44 bits per heavy atom. The molecule has 0 radical (unpaired) electrons. The number of pyridine rings is 1. The van der Waals surface area contributed by atoms with Crippen LogP contribution in [0.25, 0.3) is 0 Å². The first-order valence-corrected chi connectivity index (χ1v) is 9.14. The van der Waals surface area contributed by atoms with Gasteiger partial charge in [-0.15, -0.1) is 11.8 Å². The van der Waals surface area contributed by atoms with Gasteiger partial charge in [-0.05, 0) is 57.2 Å². The number of esters is 1. The number of nitrogens with one attached hydrogen (secondary N) is 1. The summed E-state index contributed by atoms with van der Waals surface area (Å²) in [5, 5.41) is 3.43. The molecule has 2 aromatic rings. The molecule has 0 aliphatic heterocycles. The zero-order chi connectivity index (χ0) is 18.6. The van der Waals surface area contributed by atoms with Gasteiger partial charge in [0, 0.05) is 11.9 Å². The average molecular weight is 358 g/mol. The number of aromatic nitrogens is 1. The van der Waals surface area contributed by atoms with Crippen LogP contribution in [0.1, 0.15) is 34.0 Å². The molecule has 5 nitrogen and oxygen atoms in total. The van der Waals surface area contributed by atoms with E-state index in [1.165, 1.54) is 11.8 Å². The minimum Gasteiger partial charge on any atom is -0.449 e. The Hall–Kier alpha value is -2.34. The minimum atomic E-state index is -0.914. The monoisotopic (exact) mass is 358 g/mol. The first-order valence-electron chi connectivity index (χ1n) is 7.92. The van der Waals surface area contributed by atoms with Crippen LogP contribution in [0.3, 0.4) is 0 Å². The van der Waals surface area contributed by atoms with Crippen molar-refractivity contribution in [1.29, 1.82) is 0 Å². The summed E-state index contributed by atoms with van der Waals surface area (Å²) in [7, 11) is 0. The van der Waals surface area contributed by atoms with Gasteiger partial charge in [0.1, 0.15) is 5.03 Å². The smallest absolute Gasteiger partial charge is 0.341 e. The number of carbonyl (C=O) groups is 2. The number of amides is 1. The summed E-state index contributed by atoms with van der Waals surface area (Å²) in [5.74, 6) is -0.921. The summed E-state index contributed by atoms with van der Waals surface area (Å²) in [5.41, 5.74) is 4.19. The molecule has 1 aromatic heterocycles. The summed E-state index contributed by atoms with van der Waals surface area (Å²) >= 11 is 1.35. The van der Waals surface area contributed by atoms with E-state index in [9.17, 15) is 9.59 Å². The number of thioether (sulfide) groups is 1. The molecular formula is C19H22N2O3S. The fourth-order valence-electron chi connectivity index (χ4n) is 2.59. The van der Waals surface area contributed by atoms with Crippen LogP contribution in [-0.2, 0) is 9.53 Å². The lowest BCUT2D eigenvalue weighted by molar-refractivity contribution is -0.123. The quantitative estimate of drug-likeness (QED) is 0.648. The van der Waals surface area contributed by atoms with E-state index < -0.39 is 12.1 Å². The van der Waals surface area contributed by atoms with Crippen LogP contribution in [0.15, 0.2) is 35.5 Å². The molecule has 0 aliphatic rings. The highest BCUT2D eigenvalue weighted by molar-refractivity contribution is 7.98. The van der Waals surface area contributed by atoms with E-state index in [0.29, 0.717) is 10.6 Å². The zero-order valence-electron chi connectivity index (χ0n) is 15.0. The van der Waals surface area contributed by atoms with Gasteiger partial charge in [0.2, 0.25) is 0 Å². The van der Waals surface area contributed by atoms with Crippen molar-refractivity contribution in [3.05, 3.63) is 52.7 Å². The molecule has 0 fully saturated rings. The van der Waals surface area contributed by atoms with E-state index in [4.69, 9.17) is 4.74 Å². The highest BCUT2D eigenvalue weighted by atomic mass is 32.2. The Labute approximate surface area is 152 Å². The second-order valence-electron chi connectivity index (χ2n) is 5.87. The molecule has 2 rings (SSSR count). The van der Waals surface area contributed by atoms with Crippen molar-refractivity contribution in [2.45, 2.75) is 38.8 Å². The van der Waals surface area contributed by atoms with Crippen molar-refractivity contribution < 1.29 is 14.3 Å². The molecule has 0 bridgehead atoms. The molecule has 25 heavy (non-hydrogen) atoms. The molecular weight excluding hydrogens is 336 g/mol. The van der Waals surface area contributed by atoms with E-state index in [2.05, 4.69) is 10.3 Å². The van der Waals surface area contributed by atoms with Gasteiger partial charge in [-0.25, -0.2) is 9.78 Å². The topological polar surface area (TPSA) is 68.3 Å². The largest absolute Gasteiger partial charge is 0.449 e. The molecule has 0 unspecified atom stereocenters. The second-order valence-corrected chi connectivity index (χ2v) is 6.67. The number of nitrogens with zero attached hydrogens (tertiary/aromatic N) is 1. The summed E-state index contributed by atoms with van der Waals surface area (Å²) in [6.45, 7) is 7.44. The SMILES string of the molecule is CSc1ncccc1C(=O)O[C@H](C)C(=O)Nc1c(C)cc(C)cc1C. The van der Waals surface area contributed by atoms with Crippen molar-refractivity contribution in [3.63, 3.8) is 0 Å². The molecule has 0 spiro atoms. The van der Waals surface area contributed by atoms with E-state index in [1.54, 1.807) is 25.3 Å². The van der Waals surface area contributed by atoms with Gasteiger partial charge in [0.25, 0.3) is 5.91 Å². The fraction of sp³-hybridized carbons (Fsp3) is 0.316. The third-order valence-corrected chi connectivity index (χ3v) is 4.47. The fourth-order valence-corrected chi connectivity index (χ4v) is 3.13. The van der Waals surface area contributed by atoms with Crippen molar-refractivity contribution in [1.82, 2.24) is 4.98 Å². The lowest BCUT2D eigenvalue weighted by atomic mass is 10.0. The van der Waals surface area contributed by atoms with Gasteiger partial charge < -0.3 is 10.1 Å². The number of ether oxygens (including phenoxy) is 1. The number of benzene rings is 1. The van der Waals surface area contributed by atoms with Gasteiger partial charge in [0.15, 0.2) is 6.10 Å². The van der Waals surface area contributed by atoms with Gasteiger partial charge >= 0.3 is 5.97 Å². The molecule has 0 aliphatic carbocycles. The second kappa shape index (κ2) is 8.16. The number of carbonyl (C=O) groups excluding carboxylic acids is 2. The molecule has 1 N–H and O–H groups in total. The molecule has 1 heterocycles. The standard InChI is InChI=1S/C19H22N2O3S/c1-11-9-12(2)16(13(3)10-11)21-17(22)14(4)24-19(23)15-7-6-8-20-18(15)25-5/h6-10,14H,1-5H3,(H,21,22)/t14-/m1/s1. The van der Waals surface area contributed by atoms with Gasteiger partial charge in [-0.1, -0.05) is 17.7 Å². The molecule has 0 saturated carbocycles. The van der Waals surface area contributed by atoms with E-state index in [1.807, 2.05) is 39.2 Å². The first kappa shape index (κ1) is 19.0. The Morgan fingerprint density at radius 1 is 1.20 bits per heavy atom. The Kier molecular flexibility index (Phi) is 6.20. The van der Waals surface area contributed by atoms with E-state index in [-0.39, 0.29) is 5.91 Å². The van der Waals surface area contributed by atoms with Crippen LogP contribution in [0.2, 0.25) is 0 Å². The molecule has 1 atom stereocenters. The maximum atomic E-state index is 12.4. The third kappa shape index (κ3) is 4.60. The zero-order valence-corrected chi connectivity index (χ0v) is 15.9. The summed E-state index contributed by atoms with van der Waals surface area (Å²) in [6, 6.07) is 7.31. The molecule has 0 saturated heterocycles. The van der Waals surface area contributed by atoms with E-state index >= 15 is 0 Å². The van der Waals surface area contributed by atoms with E-state index in [0.717, 1.165) is 22.4 Å². The predicted octanol–water partition coefficient (Wildman–Crippen LogP) is 3.91. The van der Waals surface area contributed by atoms with Crippen LogP contribution in [0, 0.1) is 20.8 Å². The third-order valence-electron chi connectivity index (χ3n) is 3.76. The maximum Gasteiger partial charge on any atom is 0.341 e. The van der Waals surface area contributed by atoms with Crippen LogP contribution in [0.4, 0.5) is 5.69 Å². The van der Waals surface area contributed by atoms with Crippen LogP contribution in [-0.4, -0.2) is 29.2 Å². The lowest BCUT2D eigenvalue weighted by Gasteiger charge is -2.17. The normalized spacial score (nSPS) is 11.7. The van der Waals surface area contributed by atoms with Crippen LogP contribution >= 0.6 is 11.8 Å². The van der Waals surface area contributed by atoms with Crippen molar-refractivity contribution in [3.8, 4) is 0 Å². The number of aryl methyl sites for hydroxylation is 3. The number of anilines is 1. The number of hydrogen-bond acceptors (Lipinski definition) is 5. The Bertz CT molecular complexity index is 782. The molecule has 1 aromatic carbocycles. The predicted molar refractivity (Wildman–Crippen MR) is 100 cm³/mol. The van der Waals surface area contributed by atoms with Crippen LogP contribution in [0.5, 0.6) is 0 Å². The Balaban J connectivity index is 2.09. The first-order chi connectivity index (χ1) is 11.8. The van der Waals surface area contributed by atoms with Crippen molar-refractivity contribution in [2.24, 2.45) is 0 Å². The molecule has 132 valence electrons. The lowest BCUT2D eigenvalue weighted by Crippen LogP contribution is -2.30. The number of rotatable bonds is 5. The van der Waals surface area contributed by atoms with Crippen molar-refractivity contribution in [2.75, 3.05) is 11.6 Å². The molecule has 1 amide bonds. The van der Waals surface area contributed by atoms with Crippen molar-refractivity contribution >= 4 is 29.3 Å². The maximum absolute atomic E-state index is 12.4. The van der Waals surface area contributed by atoms with Gasteiger partial charge in [0.05, 0.1) is 5.56 Å². The summed E-state index contributed by atoms with van der Waals surface area (Å²) in [4.78, 5) is 28.9. The summed E-state index contributed by atoms with van der Waals surface area (Å²) < 4.78 is 5.31. The van der Waals surface area contributed by atoms with Gasteiger partial charge in [-0.2, -0.15) is 0 Å². The summed E-state index contributed by atoms with van der Waals surface area (Å²) in [6.07, 6.45) is 2.53. The highest BCUT2D eigenvalue weighted by Crippen LogP contribution is 2.23. The average Bonchev–Trinajstić information content (AvgIpc) is 2.57. The van der Waals surface area contributed by atoms with Crippen LogP contribution < -0.4 is 5.32 Å². The molecule has 6 heteroatoms. The number of hydrogen-bond donors (Lipinski definition) is 1. The van der Waals surface area contributed by atoms with Gasteiger partial charge in [-0.3, -0.25) is 4.79 Å². The highest BCUT2D eigenvalue weighted by Gasteiger charge is 2.22. The Morgan fingerprint density at radius 2 is 1.84 bits per heavy atom. The minimum absolute atomic E-state index is 0.359.